The molecule has 0 spiro atoms. The summed E-state index contributed by atoms with van der Waals surface area (Å²) in [7, 11) is 0. The van der Waals surface area contributed by atoms with Crippen molar-refractivity contribution in [2.75, 3.05) is 6.54 Å². The lowest BCUT2D eigenvalue weighted by molar-refractivity contribution is -0.128. The molecule has 0 saturated heterocycles. The second-order valence-electron chi connectivity index (χ2n) is 3.92. The smallest absolute Gasteiger partial charge is 0.246 e. The molecule has 1 saturated carbocycles. The Balaban J connectivity index is 2.55. The molecule has 1 amide bonds. The molecular weight excluding hydrogens is 174 g/mol. The van der Waals surface area contributed by atoms with Gasteiger partial charge in [0.1, 0.15) is 0 Å². The molecule has 0 unspecified atom stereocenters. The van der Waals surface area contributed by atoms with Gasteiger partial charge in [0.05, 0.1) is 0 Å². The fourth-order valence-electron chi connectivity index (χ4n) is 2.23. The number of hydrogen-bond acceptors (Lipinski definition) is 1. The van der Waals surface area contributed by atoms with Crippen LogP contribution in [0.3, 0.4) is 0 Å². The lowest BCUT2D eigenvalue weighted by atomic mass is 9.94. The van der Waals surface area contributed by atoms with E-state index in [0.717, 1.165) is 6.54 Å². The number of nitrogens with zero attached hydrogens (tertiary/aromatic N) is 1. The third-order valence-corrected chi connectivity index (χ3v) is 2.95. The van der Waals surface area contributed by atoms with E-state index in [0.29, 0.717) is 6.04 Å². The Bertz CT molecular complexity index is 204. The summed E-state index contributed by atoms with van der Waals surface area (Å²) in [5.41, 5.74) is 0. The third kappa shape index (κ3) is 2.86. The van der Waals surface area contributed by atoms with Gasteiger partial charge in [0, 0.05) is 12.6 Å². The van der Waals surface area contributed by atoms with Crippen LogP contribution in [0.5, 0.6) is 0 Å². The van der Waals surface area contributed by atoms with Gasteiger partial charge in [-0.05, 0) is 32.8 Å². The number of hydrogen-bond donors (Lipinski definition) is 0. The van der Waals surface area contributed by atoms with Gasteiger partial charge < -0.3 is 4.90 Å². The quantitative estimate of drug-likeness (QED) is 0.634. The summed E-state index contributed by atoms with van der Waals surface area (Å²) < 4.78 is 0. The van der Waals surface area contributed by atoms with Crippen molar-refractivity contribution in [3.8, 4) is 0 Å². The predicted octanol–water partition coefficient (Wildman–Crippen LogP) is 2.74. The Morgan fingerprint density at radius 3 is 2.50 bits per heavy atom. The van der Waals surface area contributed by atoms with Crippen molar-refractivity contribution in [3.63, 3.8) is 0 Å². The van der Waals surface area contributed by atoms with Gasteiger partial charge in [-0.1, -0.05) is 25.3 Å². The third-order valence-electron chi connectivity index (χ3n) is 2.95. The maximum atomic E-state index is 11.7. The minimum atomic E-state index is 0.182. The summed E-state index contributed by atoms with van der Waals surface area (Å²) in [4.78, 5) is 13.7. The van der Waals surface area contributed by atoms with E-state index in [-0.39, 0.29) is 5.91 Å². The number of rotatable bonds is 3. The molecule has 1 aliphatic carbocycles. The van der Waals surface area contributed by atoms with E-state index in [4.69, 9.17) is 0 Å². The average molecular weight is 195 g/mol. The van der Waals surface area contributed by atoms with Crippen molar-refractivity contribution in [1.82, 2.24) is 4.90 Å². The van der Waals surface area contributed by atoms with Gasteiger partial charge in [-0.2, -0.15) is 0 Å². The van der Waals surface area contributed by atoms with Crippen molar-refractivity contribution >= 4 is 5.91 Å². The van der Waals surface area contributed by atoms with E-state index < -0.39 is 0 Å². The van der Waals surface area contributed by atoms with Gasteiger partial charge in [-0.25, -0.2) is 0 Å². The van der Waals surface area contributed by atoms with Gasteiger partial charge in [0.15, 0.2) is 0 Å². The average Bonchev–Trinajstić information content (AvgIpc) is 2.21. The first-order chi connectivity index (χ1) is 6.79. The van der Waals surface area contributed by atoms with Crippen molar-refractivity contribution in [2.24, 2.45) is 0 Å². The minimum absolute atomic E-state index is 0.182. The zero-order valence-corrected chi connectivity index (χ0v) is 9.33. The van der Waals surface area contributed by atoms with Crippen LogP contribution in [0, 0.1) is 0 Å². The molecule has 2 heteroatoms. The van der Waals surface area contributed by atoms with E-state index in [1.54, 1.807) is 6.08 Å². The zero-order chi connectivity index (χ0) is 10.4. The van der Waals surface area contributed by atoms with Gasteiger partial charge >= 0.3 is 0 Å². The lowest BCUT2D eigenvalue weighted by Crippen LogP contribution is -2.40. The summed E-state index contributed by atoms with van der Waals surface area (Å²) >= 11 is 0. The fourth-order valence-corrected chi connectivity index (χ4v) is 2.23. The molecule has 1 fully saturated rings. The zero-order valence-electron chi connectivity index (χ0n) is 9.33. The molecule has 1 rings (SSSR count). The number of carbonyl (C=O) groups is 1. The van der Waals surface area contributed by atoms with E-state index in [1.165, 1.54) is 32.1 Å². The SMILES string of the molecule is CC=CC(=O)N(CC)C1CCCCC1. The molecule has 0 bridgehead atoms. The Labute approximate surface area is 87.0 Å². The Kier molecular flexibility index (Phi) is 4.71. The van der Waals surface area contributed by atoms with E-state index in [1.807, 2.05) is 17.9 Å². The van der Waals surface area contributed by atoms with E-state index in [2.05, 4.69) is 6.92 Å². The van der Waals surface area contributed by atoms with Crippen LogP contribution in [0.15, 0.2) is 12.2 Å². The second-order valence-corrected chi connectivity index (χ2v) is 3.92. The molecule has 14 heavy (non-hydrogen) atoms. The highest BCUT2D eigenvalue weighted by atomic mass is 16.2. The molecule has 0 heterocycles. The Hall–Kier alpha value is -0.790. The molecule has 0 N–H and O–H groups in total. The van der Waals surface area contributed by atoms with Gasteiger partial charge in [0.25, 0.3) is 0 Å². The number of likely N-dealkylation sites (N-methyl/N-ethyl adjacent to an activating group) is 1. The standard InChI is InChI=1S/C12H21NO/c1-3-8-12(14)13(4-2)11-9-6-5-7-10-11/h3,8,11H,4-7,9-10H2,1-2H3. The molecule has 0 aromatic carbocycles. The van der Waals surface area contributed by atoms with E-state index >= 15 is 0 Å². The molecule has 0 aromatic heterocycles. The van der Waals surface area contributed by atoms with Crippen molar-refractivity contribution in [3.05, 3.63) is 12.2 Å². The van der Waals surface area contributed by atoms with Gasteiger partial charge in [-0.3, -0.25) is 4.79 Å². The van der Waals surface area contributed by atoms with Crippen LogP contribution in [0.4, 0.5) is 0 Å². The molecule has 0 aliphatic heterocycles. The second kappa shape index (κ2) is 5.84. The highest BCUT2D eigenvalue weighted by Gasteiger charge is 2.22. The monoisotopic (exact) mass is 195 g/mol. The van der Waals surface area contributed by atoms with Crippen LogP contribution < -0.4 is 0 Å². The fraction of sp³-hybridized carbons (Fsp3) is 0.750. The van der Waals surface area contributed by atoms with Crippen LogP contribution in [-0.4, -0.2) is 23.4 Å². The minimum Gasteiger partial charge on any atom is -0.336 e. The summed E-state index contributed by atoms with van der Waals surface area (Å²) in [6.07, 6.45) is 9.79. The largest absolute Gasteiger partial charge is 0.336 e. The Morgan fingerprint density at radius 2 is 2.00 bits per heavy atom. The first kappa shape index (κ1) is 11.3. The Morgan fingerprint density at radius 1 is 1.36 bits per heavy atom. The molecule has 0 atom stereocenters. The van der Waals surface area contributed by atoms with Crippen molar-refractivity contribution in [2.45, 2.75) is 52.0 Å². The van der Waals surface area contributed by atoms with Crippen LogP contribution >= 0.6 is 0 Å². The maximum Gasteiger partial charge on any atom is 0.246 e. The van der Waals surface area contributed by atoms with Crippen molar-refractivity contribution < 1.29 is 4.79 Å². The number of carbonyl (C=O) groups excluding carboxylic acids is 1. The summed E-state index contributed by atoms with van der Waals surface area (Å²) in [5, 5.41) is 0. The topological polar surface area (TPSA) is 20.3 Å². The summed E-state index contributed by atoms with van der Waals surface area (Å²) in [5.74, 6) is 0.182. The highest BCUT2D eigenvalue weighted by Crippen LogP contribution is 2.22. The van der Waals surface area contributed by atoms with E-state index in [9.17, 15) is 4.79 Å². The lowest BCUT2D eigenvalue weighted by Gasteiger charge is -2.32. The van der Waals surface area contributed by atoms with Crippen LogP contribution in [0.25, 0.3) is 0 Å². The van der Waals surface area contributed by atoms with Crippen LogP contribution in [-0.2, 0) is 4.79 Å². The maximum absolute atomic E-state index is 11.7. The molecular formula is C12H21NO. The molecule has 1 aliphatic rings. The summed E-state index contributed by atoms with van der Waals surface area (Å²) in [6.45, 7) is 4.80. The molecule has 0 radical (unpaired) electrons. The van der Waals surface area contributed by atoms with Gasteiger partial charge in [0.2, 0.25) is 5.91 Å². The van der Waals surface area contributed by atoms with Crippen molar-refractivity contribution in [1.29, 1.82) is 0 Å². The first-order valence-electron chi connectivity index (χ1n) is 5.73. The molecule has 2 nitrogen and oxygen atoms in total. The molecule has 0 aromatic rings. The summed E-state index contributed by atoms with van der Waals surface area (Å²) in [6, 6.07) is 0.498. The normalized spacial score (nSPS) is 18.7. The molecule has 80 valence electrons. The number of allylic oxidation sites excluding steroid dienone is 1. The number of amides is 1. The van der Waals surface area contributed by atoms with Gasteiger partial charge in [-0.15, -0.1) is 0 Å². The highest BCUT2D eigenvalue weighted by molar-refractivity contribution is 5.87. The van der Waals surface area contributed by atoms with Crippen LogP contribution in [0.2, 0.25) is 0 Å². The predicted molar refractivity (Wildman–Crippen MR) is 59.1 cm³/mol. The van der Waals surface area contributed by atoms with Crippen LogP contribution in [0.1, 0.15) is 46.0 Å². The first-order valence-corrected chi connectivity index (χ1v) is 5.73.